The molecule has 3 aromatic rings. The van der Waals surface area contributed by atoms with Crippen LogP contribution in [-0.2, 0) is 0 Å². The number of nitrogens with one attached hydrogen (secondary N) is 1. The van der Waals surface area contributed by atoms with Crippen LogP contribution in [0.1, 0.15) is 24.1 Å². The van der Waals surface area contributed by atoms with Gasteiger partial charge in [-0.05, 0) is 30.9 Å². The Kier molecular flexibility index (Phi) is 3.17. The molecule has 1 atom stereocenters. The van der Waals surface area contributed by atoms with Gasteiger partial charge in [-0.3, -0.25) is 0 Å². The Balaban J connectivity index is 1.88. The van der Waals surface area contributed by atoms with Gasteiger partial charge in [0.05, 0.1) is 5.39 Å². The van der Waals surface area contributed by atoms with Gasteiger partial charge in [-0.1, -0.05) is 29.8 Å². The van der Waals surface area contributed by atoms with Gasteiger partial charge in [0, 0.05) is 6.04 Å². The molecule has 0 spiro atoms. The molecule has 0 amide bonds. The molecule has 3 nitrogen and oxygen atoms in total. The van der Waals surface area contributed by atoms with Crippen LogP contribution in [0.4, 0.5) is 5.82 Å². The van der Waals surface area contributed by atoms with Gasteiger partial charge < -0.3 is 5.32 Å². The summed E-state index contributed by atoms with van der Waals surface area (Å²) in [6, 6.07) is 10.8. The molecule has 0 saturated carbocycles. The maximum atomic E-state index is 4.35. The molecule has 1 aromatic carbocycles. The summed E-state index contributed by atoms with van der Waals surface area (Å²) in [4.78, 5) is 9.63. The highest BCUT2D eigenvalue weighted by Gasteiger charge is 2.09. The first kappa shape index (κ1) is 12.1. The third-order valence-electron chi connectivity index (χ3n) is 3.19. The van der Waals surface area contributed by atoms with E-state index >= 15 is 0 Å². The van der Waals surface area contributed by atoms with Gasteiger partial charge in [-0.25, -0.2) is 9.97 Å². The Bertz CT molecular complexity index is 688. The molecule has 0 aliphatic carbocycles. The van der Waals surface area contributed by atoms with Gasteiger partial charge in [-0.15, -0.1) is 11.3 Å². The maximum absolute atomic E-state index is 4.35. The first-order chi connectivity index (χ1) is 9.24. The minimum absolute atomic E-state index is 0.221. The van der Waals surface area contributed by atoms with Crippen LogP contribution >= 0.6 is 11.3 Å². The van der Waals surface area contributed by atoms with Crippen molar-refractivity contribution in [3.63, 3.8) is 0 Å². The van der Waals surface area contributed by atoms with Crippen molar-refractivity contribution in [3.05, 3.63) is 53.2 Å². The average molecular weight is 269 g/mol. The smallest absolute Gasteiger partial charge is 0.138 e. The summed E-state index contributed by atoms with van der Waals surface area (Å²) in [6.45, 7) is 4.24. The first-order valence-electron chi connectivity index (χ1n) is 6.25. The molecule has 0 bridgehead atoms. The lowest BCUT2D eigenvalue weighted by Crippen LogP contribution is -2.08. The third kappa shape index (κ3) is 2.44. The summed E-state index contributed by atoms with van der Waals surface area (Å²) in [5.41, 5.74) is 2.53. The standard InChI is InChI=1S/C15H15N3S/c1-10-3-5-12(6-4-10)11(2)18-14-13-7-8-19-15(13)17-9-16-14/h3-9,11H,1-2H3,(H,16,17,18). The van der Waals surface area contributed by atoms with Gasteiger partial charge >= 0.3 is 0 Å². The zero-order valence-corrected chi connectivity index (χ0v) is 11.7. The van der Waals surface area contributed by atoms with Crippen LogP contribution < -0.4 is 5.32 Å². The van der Waals surface area contributed by atoms with E-state index in [0.29, 0.717) is 0 Å². The lowest BCUT2D eigenvalue weighted by atomic mass is 10.1. The minimum atomic E-state index is 0.221. The van der Waals surface area contributed by atoms with E-state index in [9.17, 15) is 0 Å². The van der Waals surface area contributed by atoms with Crippen molar-refractivity contribution in [1.29, 1.82) is 0 Å². The van der Waals surface area contributed by atoms with Crippen molar-refractivity contribution in [1.82, 2.24) is 9.97 Å². The predicted octanol–water partition coefficient (Wildman–Crippen LogP) is 4.17. The summed E-state index contributed by atoms with van der Waals surface area (Å²) in [5, 5.41) is 6.59. The molecule has 0 saturated heterocycles. The number of benzene rings is 1. The Morgan fingerprint density at radius 2 is 1.89 bits per heavy atom. The predicted molar refractivity (Wildman–Crippen MR) is 80.6 cm³/mol. The highest BCUT2D eigenvalue weighted by atomic mass is 32.1. The molecule has 0 aliphatic heterocycles. The van der Waals surface area contributed by atoms with Crippen LogP contribution in [0.25, 0.3) is 10.2 Å². The molecule has 0 radical (unpaired) electrons. The largest absolute Gasteiger partial charge is 0.363 e. The summed E-state index contributed by atoms with van der Waals surface area (Å²) < 4.78 is 0. The van der Waals surface area contributed by atoms with Crippen LogP contribution in [0.2, 0.25) is 0 Å². The number of aromatic nitrogens is 2. The molecule has 19 heavy (non-hydrogen) atoms. The van der Waals surface area contributed by atoms with Crippen molar-refractivity contribution in [2.45, 2.75) is 19.9 Å². The van der Waals surface area contributed by atoms with Gasteiger partial charge in [0.1, 0.15) is 17.0 Å². The SMILES string of the molecule is Cc1ccc(C(C)Nc2ncnc3sccc23)cc1. The molecule has 96 valence electrons. The summed E-state index contributed by atoms with van der Waals surface area (Å²) in [5.74, 6) is 0.902. The lowest BCUT2D eigenvalue weighted by Gasteiger charge is -2.15. The zero-order valence-electron chi connectivity index (χ0n) is 10.9. The van der Waals surface area contributed by atoms with Gasteiger partial charge in [0.25, 0.3) is 0 Å². The Morgan fingerprint density at radius 1 is 1.11 bits per heavy atom. The number of thiophene rings is 1. The van der Waals surface area contributed by atoms with Crippen LogP contribution in [-0.4, -0.2) is 9.97 Å². The normalized spacial score (nSPS) is 12.5. The minimum Gasteiger partial charge on any atom is -0.363 e. The molecular formula is C15H15N3S. The molecule has 2 aromatic heterocycles. The quantitative estimate of drug-likeness (QED) is 0.775. The number of hydrogen-bond acceptors (Lipinski definition) is 4. The highest BCUT2D eigenvalue weighted by molar-refractivity contribution is 7.16. The monoisotopic (exact) mass is 269 g/mol. The third-order valence-corrected chi connectivity index (χ3v) is 4.01. The highest BCUT2D eigenvalue weighted by Crippen LogP contribution is 2.26. The van der Waals surface area contributed by atoms with Crippen LogP contribution in [0, 0.1) is 6.92 Å². The molecule has 2 heterocycles. The van der Waals surface area contributed by atoms with E-state index in [1.165, 1.54) is 11.1 Å². The van der Waals surface area contributed by atoms with Gasteiger partial charge in [-0.2, -0.15) is 0 Å². The van der Waals surface area contributed by atoms with Crippen LogP contribution in [0.5, 0.6) is 0 Å². The average Bonchev–Trinajstić information content (AvgIpc) is 2.89. The number of nitrogens with zero attached hydrogens (tertiary/aromatic N) is 2. The maximum Gasteiger partial charge on any atom is 0.138 e. The molecule has 0 fully saturated rings. The van der Waals surface area contributed by atoms with Crippen molar-refractivity contribution >= 4 is 27.4 Å². The van der Waals surface area contributed by atoms with Crippen molar-refractivity contribution in [2.75, 3.05) is 5.32 Å². The second-order valence-electron chi connectivity index (χ2n) is 4.64. The molecule has 4 heteroatoms. The van der Waals surface area contributed by atoms with Crippen molar-refractivity contribution in [2.24, 2.45) is 0 Å². The number of anilines is 1. The van der Waals surface area contributed by atoms with Crippen LogP contribution in [0.3, 0.4) is 0 Å². The molecule has 3 rings (SSSR count). The zero-order chi connectivity index (χ0) is 13.2. The Labute approximate surface area is 116 Å². The molecular weight excluding hydrogens is 254 g/mol. The second-order valence-corrected chi connectivity index (χ2v) is 5.53. The molecule has 1 N–H and O–H groups in total. The van der Waals surface area contributed by atoms with E-state index in [2.05, 4.69) is 59.5 Å². The number of fused-ring (bicyclic) bond motifs is 1. The van der Waals surface area contributed by atoms with Crippen LogP contribution in [0.15, 0.2) is 42.0 Å². The number of hydrogen-bond donors (Lipinski definition) is 1. The van der Waals surface area contributed by atoms with E-state index in [4.69, 9.17) is 0 Å². The molecule has 1 unspecified atom stereocenters. The van der Waals surface area contributed by atoms with Crippen molar-refractivity contribution < 1.29 is 0 Å². The van der Waals surface area contributed by atoms with Gasteiger partial charge in [0.2, 0.25) is 0 Å². The Hall–Kier alpha value is -1.94. The van der Waals surface area contributed by atoms with E-state index < -0.39 is 0 Å². The topological polar surface area (TPSA) is 37.8 Å². The number of rotatable bonds is 3. The fourth-order valence-electron chi connectivity index (χ4n) is 2.05. The number of aryl methyl sites for hydroxylation is 1. The first-order valence-corrected chi connectivity index (χ1v) is 7.13. The van der Waals surface area contributed by atoms with E-state index in [1.807, 2.05) is 5.38 Å². The molecule has 0 aliphatic rings. The van der Waals surface area contributed by atoms with E-state index in [-0.39, 0.29) is 6.04 Å². The summed E-state index contributed by atoms with van der Waals surface area (Å²) in [7, 11) is 0. The van der Waals surface area contributed by atoms with E-state index in [0.717, 1.165) is 16.0 Å². The lowest BCUT2D eigenvalue weighted by molar-refractivity contribution is 0.875. The van der Waals surface area contributed by atoms with E-state index in [1.54, 1.807) is 17.7 Å². The fourth-order valence-corrected chi connectivity index (χ4v) is 2.78. The van der Waals surface area contributed by atoms with Crippen molar-refractivity contribution in [3.8, 4) is 0 Å². The Morgan fingerprint density at radius 3 is 2.68 bits per heavy atom. The summed E-state index contributed by atoms with van der Waals surface area (Å²) >= 11 is 1.64. The second kappa shape index (κ2) is 4.97. The fraction of sp³-hybridized carbons (Fsp3) is 0.200. The summed E-state index contributed by atoms with van der Waals surface area (Å²) in [6.07, 6.45) is 1.61. The van der Waals surface area contributed by atoms with Gasteiger partial charge in [0.15, 0.2) is 0 Å².